The highest BCUT2D eigenvalue weighted by atomic mass is 79.9. The number of anilines is 1. The summed E-state index contributed by atoms with van der Waals surface area (Å²) in [4.78, 5) is 12.0. The molecule has 0 aliphatic carbocycles. The van der Waals surface area contributed by atoms with Crippen molar-refractivity contribution < 1.29 is 18.3 Å². The third-order valence-electron chi connectivity index (χ3n) is 3.54. The molecule has 0 radical (unpaired) electrons. The van der Waals surface area contributed by atoms with Gasteiger partial charge in [-0.25, -0.2) is 8.42 Å². The number of sulfone groups is 1. The van der Waals surface area contributed by atoms with Crippen molar-refractivity contribution in [3.05, 3.63) is 58.6 Å². The maximum absolute atomic E-state index is 11.7. The zero-order valence-corrected chi connectivity index (χ0v) is 19.7. The van der Waals surface area contributed by atoms with E-state index in [2.05, 4.69) is 21.2 Å². The lowest BCUT2D eigenvalue weighted by Gasteiger charge is -2.20. The molecule has 0 saturated heterocycles. The van der Waals surface area contributed by atoms with Crippen molar-refractivity contribution >= 4 is 37.4 Å². The van der Waals surface area contributed by atoms with E-state index in [1.54, 1.807) is 38.1 Å². The highest BCUT2D eigenvalue weighted by Gasteiger charge is 2.26. The van der Waals surface area contributed by atoms with Gasteiger partial charge in [0, 0.05) is 16.4 Å². The molecule has 7 heteroatoms. The molecule has 0 spiro atoms. The average molecular weight is 472 g/mol. The average Bonchev–Trinajstić information content (AvgIpc) is 2.65. The van der Waals surface area contributed by atoms with Gasteiger partial charge in [0.1, 0.15) is 0 Å². The summed E-state index contributed by atoms with van der Waals surface area (Å²) in [7, 11) is -3.06. The van der Waals surface area contributed by atoms with E-state index in [0.717, 1.165) is 15.7 Å². The summed E-state index contributed by atoms with van der Waals surface area (Å²) >= 11 is 3.19. The largest absolute Gasteiger partial charge is 0.395 e. The van der Waals surface area contributed by atoms with Crippen LogP contribution in [0.25, 0.3) is 0 Å². The van der Waals surface area contributed by atoms with Gasteiger partial charge in [-0.3, -0.25) is 4.79 Å². The quantitative estimate of drug-likeness (QED) is 0.668. The second-order valence-corrected chi connectivity index (χ2v) is 9.52. The maximum Gasteiger partial charge on any atom is 0.232 e. The van der Waals surface area contributed by atoms with E-state index >= 15 is 0 Å². The second-order valence-electron chi connectivity index (χ2n) is 6.59. The number of amides is 1. The molecule has 2 rings (SSSR count). The minimum absolute atomic E-state index is 0.162. The van der Waals surface area contributed by atoms with Crippen LogP contribution in [-0.4, -0.2) is 32.3 Å². The monoisotopic (exact) mass is 471 g/mol. The Morgan fingerprint density at radius 1 is 1.11 bits per heavy atom. The zero-order chi connectivity index (χ0) is 22.0. The van der Waals surface area contributed by atoms with Crippen molar-refractivity contribution in [2.45, 2.75) is 39.5 Å². The number of aryl methyl sites for hydroxylation is 1. The van der Waals surface area contributed by atoms with Gasteiger partial charge in [-0.2, -0.15) is 0 Å². The number of hydrogen-bond acceptors (Lipinski definition) is 4. The molecule has 0 atom stereocenters. The topological polar surface area (TPSA) is 83.5 Å². The van der Waals surface area contributed by atoms with Crippen LogP contribution in [0.3, 0.4) is 0 Å². The van der Waals surface area contributed by atoms with Crippen LogP contribution in [0.15, 0.2) is 57.9 Å². The fourth-order valence-electron chi connectivity index (χ4n) is 1.71. The maximum atomic E-state index is 11.7. The number of aliphatic hydroxyl groups excluding tert-OH is 1. The second kappa shape index (κ2) is 12.0. The normalized spacial score (nSPS) is 10.7. The van der Waals surface area contributed by atoms with Gasteiger partial charge in [0.05, 0.1) is 16.9 Å². The van der Waals surface area contributed by atoms with E-state index in [0.29, 0.717) is 4.90 Å². The first-order valence-electron chi connectivity index (χ1n) is 8.90. The standard InChI is InChI=1S/C12H17NO2.C7H7BrO2S.C2H6/c1-9-4-6-10(7-5-9)13-11(15)12(2,3)8-14;1-11(9,10)7-4-2-3-6(8)5-7;1-2/h4-7,14H,8H2,1-3H3,(H,13,15);2-5H,1H3;1-2H3. The van der Waals surface area contributed by atoms with Crippen LogP contribution >= 0.6 is 15.9 Å². The van der Waals surface area contributed by atoms with Crippen LogP contribution in [0.5, 0.6) is 0 Å². The summed E-state index contributed by atoms with van der Waals surface area (Å²) in [5, 5.41) is 11.8. The molecular weight excluding hydrogens is 442 g/mol. The van der Waals surface area contributed by atoms with Gasteiger partial charge >= 0.3 is 0 Å². The summed E-state index contributed by atoms with van der Waals surface area (Å²) in [6.07, 6.45) is 1.19. The van der Waals surface area contributed by atoms with E-state index < -0.39 is 15.3 Å². The molecule has 0 unspecified atom stereocenters. The summed E-state index contributed by atoms with van der Waals surface area (Å²) in [6, 6.07) is 14.2. The van der Waals surface area contributed by atoms with Crippen molar-refractivity contribution in [3.8, 4) is 0 Å². The van der Waals surface area contributed by atoms with Crippen molar-refractivity contribution in [1.29, 1.82) is 0 Å². The van der Waals surface area contributed by atoms with Crippen LogP contribution in [0.1, 0.15) is 33.3 Å². The fraction of sp³-hybridized carbons (Fsp3) is 0.381. The molecule has 2 aromatic rings. The van der Waals surface area contributed by atoms with Gasteiger partial charge in [0.2, 0.25) is 5.91 Å². The minimum Gasteiger partial charge on any atom is -0.395 e. The van der Waals surface area contributed by atoms with E-state index in [9.17, 15) is 13.2 Å². The van der Waals surface area contributed by atoms with E-state index in [1.165, 1.54) is 6.26 Å². The minimum atomic E-state index is -3.06. The number of nitrogens with one attached hydrogen (secondary N) is 1. The highest BCUT2D eigenvalue weighted by Crippen LogP contribution is 2.18. The van der Waals surface area contributed by atoms with Gasteiger partial charge in [-0.1, -0.05) is 53.5 Å². The van der Waals surface area contributed by atoms with Gasteiger partial charge in [-0.05, 0) is 51.1 Å². The molecule has 0 aliphatic heterocycles. The smallest absolute Gasteiger partial charge is 0.232 e. The highest BCUT2D eigenvalue weighted by molar-refractivity contribution is 9.10. The number of rotatable bonds is 4. The first-order valence-corrected chi connectivity index (χ1v) is 11.6. The van der Waals surface area contributed by atoms with Crippen LogP contribution in [0, 0.1) is 12.3 Å². The molecule has 156 valence electrons. The van der Waals surface area contributed by atoms with Gasteiger partial charge in [0.15, 0.2) is 9.84 Å². The lowest BCUT2D eigenvalue weighted by molar-refractivity contribution is -0.125. The van der Waals surface area contributed by atoms with Gasteiger partial charge in [0.25, 0.3) is 0 Å². The molecule has 0 bridgehead atoms. The fourth-order valence-corrected chi connectivity index (χ4v) is 2.92. The van der Waals surface area contributed by atoms with Crippen molar-refractivity contribution in [2.75, 3.05) is 18.2 Å². The number of carbonyl (C=O) groups is 1. The molecule has 5 nitrogen and oxygen atoms in total. The number of halogens is 1. The third-order valence-corrected chi connectivity index (χ3v) is 5.15. The van der Waals surface area contributed by atoms with Gasteiger partial charge in [-0.15, -0.1) is 0 Å². The summed E-state index contributed by atoms with van der Waals surface area (Å²) in [5.41, 5.74) is 1.16. The van der Waals surface area contributed by atoms with E-state index in [4.69, 9.17) is 5.11 Å². The molecule has 0 aliphatic rings. The van der Waals surface area contributed by atoms with Gasteiger partial charge < -0.3 is 10.4 Å². The molecular formula is C21H30BrNO4S. The van der Waals surface area contributed by atoms with E-state index in [1.807, 2.05) is 45.0 Å². The van der Waals surface area contributed by atoms with Crippen molar-refractivity contribution in [2.24, 2.45) is 5.41 Å². The van der Waals surface area contributed by atoms with Crippen molar-refractivity contribution in [3.63, 3.8) is 0 Å². The SMILES string of the molecule is CC.CS(=O)(=O)c1cccc(Br)c1.Cc1ccc(NC(=O)C(C)(C)CO)cc1. The lowest BCUT2D eigenvalue weighted by atomic mass is 9.93. The Morgan fingerprint density at radius 3 is 2.04 bits per heavy atom. The molecule has 1 amide bonds. The molecule has 0 fully saturated rings. The Morgan fingerprint density at radius 2 is 1.64 bits per heavy atom. The molecule has 2 aromatic carbocycles. The Hall–Kier alpha value is -1.70. The molecule has 0 aromatic heterocycles. The Balaban J connectivity index is 0.000000497. The molecule has 28 heavy (non-hydrogen) atoms. The number of hydrogen-bond donors (Lipinski definition) is 2. The third kappa shape index (κ3) is 9.48. The van der Waals surface area contributed by atoms with Crippen LogP contribution in [0.2, 0.25) is 0 Å². The van der Waals surface area contributed by atoms with Crippen molar-refractivity contribution in [1.82, 2.24) is 0 Å². The molecule has 0 saturated carbocycles. The zero-order valence-electron chi connectivity index (χ0n) is 17.3. The summed E-state index contributed by atoms with van der Waals surface area (Å²) < 4.78 is 22.7. The summed E-state index contributed by atoms with van der Waals surface area (Å²) in [6.45, 7) is 9.24. The molecule has 2 N–H and O–H groups in total. The van der Waals surface area contributed by atoms with Crippen LogP contribution in [-0.2, 0) is 14.6 Å². The van der Waals surface area contributed by atoms with Crippen LogP contribution < -0.4 is 5.32 Å². The van der Waals surface area contributed by atoms with Crippen LogP contribution in [0.4, 0.5) is 5.69 Å². The number of benzene rings is 2. The summed E-state index contributed by atoms with van der Waals surface area (Å²) in [5.74, 6) is -0.172. The Bertz CT molecular complexity index is 847. The first-order chi connectivity index (χ1) is 13.0. The molecule has 0 heterocycles. The Labute approximate surface area is 177 Å². The number of aliphatic hydroxyl groups is 1. The number of carbonyl (C=O) groups excluding carboxylic acids is 1. The lowest BCUT2D eigenvalue weighted by Crippen LogP contribution is -2.33. The van der Waals surface area contributed by atoms with E-state index in [-0.39, 0.29) is 12.5 Å². The predicted molar refractivity (Wildman–Crippen MR) is 119 cm³/mol. The Kier molecular flexibility index (Phi) is 11.3. The predicted octanol–water partition coefficient (Wildman–Crippen LogP) is 4.83. The first kappa shape index (κ1) is 26.3.